The van der Waals surface area contributed by atoms with Crippen LogP contribution in [-0.2, 0) is 22.3 Å². The number of sulfonamides is 1. The van der Waals surface area contributed by atoms with Gasteiger partial charge in [-0.3, -0.25) is 4.98 Å². The largest absolute Gasteiger partial charge is 0.305 e. The third kappa shape index (κ3) is 4.91. The van der Waals surface area contributed by atoms with Gasteiger partial charge in [-0.15, -0.1) is 10.2 Å². The van der Waals surface area contributed by atoms with Gasteiger partial charge >= 0.3 is 0 Å². The van der Waals surface area contributed by atoms with E-state index in [1.54, 1.807) is 25.3 Å². The fourth-order valence-corrected chi connectivity index (χ4v) is 4.87. The van der Waals surface area contributed by atoms with Crippen LogP contribution in [0.3, 0.4) is 0 Å². The van der Waals surface area contributed by atoms with Gasteiger partial charge in [0.25, 0.3) is 0 Å². The summed E-state index contributed by atoms with van der Waals surface area (Å²) >= 11 is 7.35. The van der Waals surface area contributed by atoms with E-state index < -0.39 is 16.1 Å². The van der Waals surface area contributed by atoms with E-state index in [1.165, 1.54) is 23.9 Å². The first kappa shape index (κ1) is 20.8. The molecule has 0 fully saturated rings. The molecule has 0 unspecified atom stereocenters. The molecule has 1 atom stereocenters. The third-order valence-corrected chi connectivity index (χ3v) is 6.79. The highest BCUT2D eigenvalue weighted by molar-refractivity contribution is 7.98. The smallest absolute Gasteiger partial charge is 0.241 e. The molecule has 0 spiro atoms. The highest BCUT2D eigenvalue weighted by Gasteiger charge is 2.23. The van der Waals surface area contributed by atoms with Crippen LogP contribution in [0.25, 0.3) is 0 Å². The Morgan fingerprint density at radius 1 is 1.18 bits per heavy atom. The molecular formula is C18H20ClN5O2S2. The molecule has 0 bridgehead atoms. The second-order valence-electron chi connectivity index (χ2n) is 5.99. The number of benzene rings is 1. The van der Waals surface area contributed by atoms with E-state index in [-0.39, 0.29) is 4.90 Å². The summed E-state index contributed by atoms with van der Waals surface area (Å²) in [6.45, 7) is 4.34. The zero-order valence-corrected chi connectivity index (χ0v) is 17.8. The molecule has 0 saturated carbocycles. The first-order chi connectivity index (χ1) is 13.4. The summed E-state index contributed by atoms with van der Waals surface area (Å²) < 4.78 is 29.8. The standard InChI is InChI=1S/C18H20ClN5O2S2/c1-3-24-17(21-22-18(24)27-12-15-6-4-5-11-20-15)13(2)23-28(25,26)16-9-7-14(19)8-10-16/h4-11,13,23H,3,12H2,1-2H3/t13-/m1/s1. The van der Waals surface area contributed by atoms with Crippen LogP contribution in [0, 0.1) is 0 Å². The van der Waals surface area contributed by atoms with Gasteiger partial charge < -0.3 is 4.57 Å². The Labute approximate surface area is 173 Å². The van der Waals surface area contributed by atoms with Crippen molar-refractivity contribution in [3.8, 4) is 0 Å². The third-order valence-electron chi connectivity index (χ3n) is 3.98. The zero-order chi connectivity index (χ0) is 20.1. The number of rotatable bonds is 8. The zero-order valence-electron chi connectivity index (χ0n) is 15.4. The monoisotopic (exact) mass is 437 g/mol. The molecule has 10 heteroatoms. The van der Waals surface area contributed by atoms with Gasteiger partial charge in [0.15, 0.2) is 11.0 Å². The minimum absolute atomic E-state index is 0.149. The summed E-state index contributed by atoms with van der Waals surface area (Å²) in [7, 11) is -3.70. The van der Waals surface area contributed by atoms with Gasteiger partial charge in [-0.1, -0.05) is 29.4 Å². The van der Waals surface area contributed by atoms with Crippen molar-refractivity contribution in [2.75, 3.05) is 0 Å². The van der Waals surface area contributed by atoms with Crippen LogP contribution in [-0.4, -0.2) is 28.2 Å². The van der Waals surface area contributed by atoms with Crippen molar-refractivity contribution in [2.45, 2.75) is 42.2 Å². The molecule has 3 rings (SSSR count). The molecule has 0 aliphatic heterocycles. The Balaban J connectivity index is 1.75. The number of pyridine rings is 1. The molecule has 2 heterocycles. The van der Waals surface area contributed by atoms with E-state index in [0.717, 1.165) is 10.9 Å². The molecule has 2 aromatic heterocycles. The Morgan fingerprint density at radius 3 is 2.57 bits per heavy atom. The first-order valence-electron chi connectivity index (χ1n) is 8.64. The molecule has 0 amide bonds. The number of thioether (sulfide) groups is 1. The fourth-order valence-electron chi connectivity index (χ4n) is 2.61. The number of aromatic nitrogens is 4. The lowest BCUT2D eigenvalue weighted by Crippen LogP contribution is -2.29. The maximum absolute atomic E-state index is 12.6. The average Bonchev–Trinajstić information content (AvgIpc) is 3.10. The molecule has 1 N–H and O–H groups in total. The average molecular weight is 438 g/mol. The molecule has 1 aromatic carbocycles. The molecule has 0 radical (unpaired) electrons. The second kappa shape index (κ2) is 9.04. The first-order valence-corrected chi connectivity index (χ1v) is 11.5. The van der Waals surface area contributed by atoms with Crippen LogP contribution in [0.15, 0.2) is 58.7 Å². The van der Waals surface area contributed by atoms with Crippen LogP contribution in [0.1, 0.15) is 31.4 Å². The normalized spacial score (nSPS) is 12.8. The van der Waals surface area contributed by atoms with Crippen LogP contribution in [0.5, 0.6) is 0 Å². The SMILES string of the molecule is CCn1c(SCc2ccccn2)nnc1[C@@H](C)NS(=O)(=O)c1ccc(Cl)cc1. The Kier molecular flexibility index (Phi) is 6.71. The van der Waals surface area contributed by atoms with E-state index >= 15 is 0 Å². The van der Waals surface area contributed by atoms with Crippen LogP contribution in [0.4, 0.5) is 0 Å². The predicted octanol–water partition coefficient (Wildman–Crippen LogP) is 3.68. The number of halogens is 1. The van der Waals surface area contributed by atoms with Crippen molar-refractivity contribution >= 4 is 33.4 Å². The second-order valence-corrected chi connectivity index (χ2v) is 9.08. The maximum Gasteiger partial charge on any atom is 0.241 e. The highest BCUT2D eigenvalue weighted by atomic mass is 35.5. The number of hydrogen-bond donors (Lipinski definition) is 1. The van der Waals surface area contributed by atoms with Gasteiger partial charge in [0.1, 0.15) is 0 Å². The summed E-state index contributed by atoms with van der Waals surface area (Å²) in [5.74, 6) is 1.22. The van der Waals surface area contributed by atoms with Crippen molar-refractivity contribution < 1.29 is 8.42 Å². The molecule has 7 nitrogen and oxygen atoms in total. The maximum atomic E-state index is 12.6. The topological polar surface area (TPSA) is 89.8 Å². The van der Waals surface area contributed by atoms with Gasteiger partial charge in [-0.05, 0) is 50.2 Å². The van der Waals surface area contributed by atoms with Crippen LogP contribution < -0.4 is 4.72 Å². The molecule has 0 aliphatic rings. The highest BCUT2D eigenvalue weighted by Crippen LogP contribution is 2.24. The summed E-state index contributed by atoms with van der Waals surface area (Å²) in [6, 6.07) is 11.2. The number of nitrogens with one attached hydrogen (secondary N) is 1. The van der Waals surface area contributed by atoms with E-state index in [4.69, 9.17) is 11.6 Å². The fraction of sp³-hybridized carbons (Fsp3) is 0.278. The van der Waals surface area contributed by atoms with E-state index in [0.29, 0.717) is 23.1 Å². The van der Waals surface area contributed by atoms with Gasteiger partial charge in [-0.2, -0.15) is 0 Å². The van der Waals surface area contributed by atoms with Crippen molar-refractivity contribution in [3.05, 3.63) is 65.2 Å². The van der Waals surface area contributed by atoms with E-state index in [1.807, 2.05) is 29.7 Å². The molecular weight excluding hydrogens is 418 g/mol. The number of nitrogens with zero attached hydrogens (tertiary/aromatic N) is 4. The summed E-state index contributed by atoms with van der Waals surface area (Å²) in [4.78, 5) is 4.45. The lowest BCUT2D eigenvalue weighted by molar-refractivity contribution is 0.539. The molecule has 0 saturated heterocycles. The van der Waals surface area contributed by atoms with Gasteiger partial charge in [0, 0.05) is 23.5 Å². The quantitative estimate of drug-likeness (QED) is 0.540. The van der Waals surface area contributed by atoms with Gasteiger partial charge in [0.05, 0.1) is 16.6 Å². The Morgan fingerprint density at radius 2 is 1.93 bits per heavy atom. The van der Waals surface area contributed by atoms with Gasteiger partial charge in [0.2, 0.25) is 10.0 Å². The summed E-state index contributed by atoms with van der Waals surface area (Å²) in [6.07, 6.45) is 1.75. The van der Waals surface area contributed by atoms with Crippen LogP contribution >= 0.6 is 23.4 Å². The summed E-state index contributed by atoms with van der Waals surface area (Å²) in [5.41, 5.74) is 0.941. The van der Waals surface area contributed by atoms with Crippen LogP contribution in [0.2, 0.25) is 5.02 Å². The summed E-state index contributed by atoms with van der Waals surface area (Å²) in [5, 5.41) is 9.65. The Hall–Kier alpha value is -1.94. The number of hydrogen-bond acceptors (Lipinski definition) is 6. The molecule has 3 aromatic rings. The minimum Gasteiger partial charge on any atom is -0.305 e. The molecule has 148 valence electrons. The minimum atomic E-state index is -3.70. The van der Waals surface area contributed by atoms with Crippen molar-refractivity contribution in [1.29, 1.82) is 0 Å². The predicted molar refractivity (Wildman–Crippen MR) is 110 cm³/mol. The Bertz CT molecular complexity index is 1020. The van der Waals surface area contributed by atoms with Gasteiger partial charge in [-0.25, -0.2) is 13.1 Å². The van der Waals surface area contributed by atoms with Crippen molar-refractivity contribution in [2.24, 2.45) is 0 Å². The van der Waals surface area contributed by atoms with E-state index in [9.17, 15) is 8.42 Å². The molecule has 0 aliphatic carbocycles. The lowest BCUT2D eigenvalue weighted by Gasteiger charge is -2.15. The van der Waals surface area contributed by atoms with E-state index in [2.05, 4.69) is 19.9 Å². The van der Waals surface area contributed by atoms with Crippen molar-refractivity contribution in [3.63, 3.8) is 0 Å². The molecule has 28 heavy (non-hydrogen) atoms. The lowest BCUT2D eigenvalue weighted by atomic mass is 10.3. The van der Waals surface area contributed by atoms with Crippen molar-refractivity contribution in [1.82, 2.24) is 24.5 Å².